The zero-order valence-electron chi connectivity index (χ0n) is 15.8. The van der Waals surface area contributed by atoms with Crippen LogP contribution in [-0.4, -0.2) is 50.2 Å². The van der Waals surface area contributed by atoms with Gasteiger partial charge >= 0.3 is 6.18 Å². The van der Waals surface area contributed by atoms with E-state index in [0.29, 0.717) is 38.1 Å². The second kappa shape index (κ2) is 9.59. The quantitative estimate of drug-likeness (QED) is 0.690. The van der Waals surface area contributed by atoms with Crippen molar-refractivity contribution in [3.05, 3.63) is 36.5 Å². The van der Waals surface area contributed by atoms with Crippen LogP contribution in [0.3, 0.4) is 0 Å². The molecule has 1 aromatic rings. The SMILES string of the molecule is CC(C)C(N/C=C/C(=O)C(F)(F)F)C(=O)Nc1ccccc1N1CCOCC1. The molecule has 2 N–H and O–H groups in total. The number of rotatable bonds is 7. The van der Waals surface area contributed by atoms with E-state index in [1.54, 1.807) is 26.0 Å². The molecule has 0 aliphatic carbocycles. The van der Waals surface area contributed by atoms with Crippen LogP contribution in [0, 0.1) is 5.92 Å². The summed E-state index contributed by atoms with van der Waals surface area (Å²) in [7, 11) is 0. The number of nitrogens with zero attached hydrogens (tertiary/aromatic N) is 1. The second-order valence-electron chi connectivity index (χ2n) is 6.69. The van der Waals surface area contributed by atoms with Crippen LogP contribution in [0.4, 0.5) is 24.5 Å². The highest BCUT2D eigenvalue weighted by Crippen LogP contribution is 2.26. The topological polar surface area (TPSA) is 70.7 Å². The molecule has 1 unspecified atom stereocenters. The molecule has 1 amide bonds. The molecule has 1 atom stereocenters. The molecule has 1 saturated heterocycles. The highest BCUT2D eigenvalue weighted by atomic mass is 19.4. The first kappa shape index (κ1) is 21.7. The van der Waals surface area contributed by atoms with E-state index in [1.807, 2.05) is 12.1 Å². The van der Waals surface area contributed by atoms with Gasteiger partial charge in [0.15, 0.2) is 0 Å². The molecule has 1 aromatic carbocycles. The summed E-state index contributed by atoms with van der Waals surface area (Å²) in [5.41, 5.74) is 1.46. The third-order valence-electron chi connectivity index (χ3n) is 4.25. The summed E-state index contributed by atoms with van der Waals surface area (Å²) in [6.45, 7) is 6.09. The fourth-order valence-electron chi connectivity index (χ4n) is 2.76. The van der Waals surface area contributed by atoms with Crippen molar-refractivity contribution in [2.45, 2.75) is 26.1 Å². The largest absolute Gasteiger partial charge is 0.454 e. The van der Waals surface area contributed by atoms with E-state index in [9.17, 15) is 22.8 Å². The van der Waals surface area contributed by atoms with E-state index in [1.165, 1.54) is 0 Å². The van der Waals surface area contributed by atoms with Crippen molar-refractivity contribution >= 4 is 23.1 Å². The molecular weight excluding hydrogens is 375 g/mol. The molecule has 0 spiro atoms. The monoisotopic (exact) mass is 399 g/mol. The number of halogens is 3. The average molecular weight is 399 g/mol. The van der Waals surface area contributed by atoms with Crippen molar-refractivity contribution in [3.63, 3.8) is 0 Å². The molecule has 0 radical (unpaired) electrons. The number of anilines is 2. The van der Waals surface area contributed by atoms with Crippen LogP contribution in [0.5, 0.6) is 0 Å². The minimum absolute atomic E-state index is 0.221. The van der Waals surface area contributed by atoms with Gasteiger partial charge < -0.3 is 20.3 Å². The Balaban J connectivity index is 2.08. The molecule has 1 heterocycles. The molecule has 6 nitrogen and oxygen atoms in total. The van der Waals surface area contributed by atoms with Gasteiger partial charge in [-0.1, -0.05) is 26.0 Å². The Morgan fingerprint density at radius 2 is 1.82 bits per heavy atom. The third kappa shape index (κ3) is 5.98. The van der Waals surface area contributed by atoms with Crippen LogP contribution < -0.4 is 15.5 Å². The van der Waals surface area contributed by atoms with E-state index in [4.69, 9.17) is 4.74 Å². The van der Waals surface area contributed by atoms with Crippen molar-refractivity contribution in [3.8, 4) is 0 Å². The highest BCUT2D eigenvalue weighted by molar-refractivity contribution is 5.98. The van der Waals surface area contributed by atoms with Gasteiger partial charge in [-0.25, -0.2) is 0 Å². The Hall–Kier alpha value is -2.55. The fraction of sp³-hybridized carbons (Fsp3) is 0.474. The fourth-order valence-corrected chi connectivity index (χ4v) is 2.76. The second-order valence-corrected chi connectivity index (χ2v) is 6.69. The number of para-hydroxylation sites is 2. The Bertz CT molecular complexity index is 714. The molecule has 154 valence electrons. The molecule has 0 bridgehead atoms. The van der Waals surface area contributed by atoms with Crippen LogP contribution >= 0.6 is 0 Å². The van der Waals surface area contributed by atoms with Gasteiger partial charge in [-0.15, -0.1) is 0 Å². The average Bonchev–Trinajstić information content (AvgIpc) is 2.65. The maximum Gasteiger partial charge on any atom is 0.454 e. The molecular formula is C19H24F3N3O3. The number of nitrogens with one attached hydrogen (secondary N) is 2. The van der Waals surface area contributed by atoms with Gasteiger partial charge in [-0.3, -0.25) is 9.59 Å². The summed E-state index contributed by atoms with van der Waals surface area (Å²) in [4.78, 5) is 25.7. The maximum atomic E-state index is 12.7. The molecule has 1 aliphatic heterocycles. The zero-order valence-corrected chi connectivity index (χ0v) is 15.8. The van der Waals surface area contributed by atoms with E-state index >= 15 is 0 Å². The maximum absolute atomic E-state index is 12.7. The van der Waals surface area contributed by atoms with Crippen molar-refractivity contribution in [2.24, 2.45) is 5.92 Å². The Labute approximate surface area is 161 Å². The highest BCUT2D eigenvalue weighted by Gasteiger charge is 2.36. The van der Waals surface area contributed by atoms with Crippen LogP contribution in [0.2, 0.25) is 0 Å². The lowest BCUT2D eigenvalue weighted by Gasteiger charge is -2.31. The normalized spacial score (nSPS) is 16.3. The number of ether oxygens (including phenoxy) is 1. The number of amides is 1. The summed E-state index contributed by atoms with van der Waals surface area (Å²) >= 11 is 0. The number of hydrogen-bond acceptors (Lipinski definition) is 5. The first-order valence-corrected chi connectivity index (χ1v) is 8.96. The summed E-state index contributed by atoms with van der Waals surface area (Å²) in [5, 5.41) is 5.43. The van der Waals surface area contributed by atoms with E-state index < -0.39 is 23.9 Å². The van der Waals surface area contributed by atoms with E-state index in [2.05, 4.69) is 15.5 Å². The van der Waals surface area contributed by atoms with Gasteiger partial charge in [-0.05, 0) is 18.1 Å². The molecule has 2 rings (SSSR count). The number of hydrogen-bond donors (Lipinski definition) is 2. The third-order valence-corrected chi connectivity index (χ3v) is 4.25. The number of ketones is 1. The minimum atomic E-state index is -4.94. The first-order valence-electron chi connectivity index (χ1n) is 8.96. The first-order chi connectivity index (χ1) is 13.2. The molecule has 1 aliphatic rings. The van der Waals surface area contributed by atoms with Crippen LogP contribution in [0.1, 0.15) is 13.8 Å². The number of allylic oxidation sites excluding steroid dienone is 1. The minimum Gasteiger partial charge on any atom is -0.379 e. The van der Waals surface area contributed by atoms with Gasteiger partial charge in [-0.2, -0.15) is 13.2 Å². The Morgan fingerprint density at radius 3 is 2.43 bits per heavy atom. The lowest BCUT2D eigenvalue weighted by Crippen LogP contribution is -2.42. The van der Waals surface area contributed by atoms with Crippen molar-refractivity contribution in [1.29, 1.82) is 0 Å². The Kier molecular flexibility index (Phi) is 7.45. The predicted molar refractivity (Wildman–Crippen MR) is 100 cm³/mol. The van der Waals surface area contributed by atoms with E-state index in [-0.39, 0.29) is 5.92 Å². The van der Waals surface area contributed by atoms with Crippen LogP contribution in [-0.2, 0) is 14.3 Å². The zero-order chi connectivity index (χ0) is 20.7. The van der Waals surface area contributed by atoms with Crippen molar-refractivity contribution in [2.75, 3.05) is 36.5 Å². The summed E-state index contributed by atoms with van der Waals surface area (Å²) < 4.78 is 42.2. The number of benzene rings is 1. The molecule has 0 aromatic heterocycles. The summed E-state index contributed by atoms with van der Waals surface area (Å²) in [6, 6.07) is 6.50. The smallest absolute Gasteiger partial charge is 0.379 e. The number of morpholine rings is 1. The molecule has 1 fully saturated rings. The van der Waals surface area contributed by atoms with Crippen LogP contribution in [0.25, 0.3) is 0 Å². The van der Waals surface area contributed by atoms with Gasteiger partial charge in [0.2, 0.25) is 5.91 Å². The summed E-state index contributed by atoms with van der Waals surface area (Å²) in [6.07, 6.45) is -3.69. The van der Waals surface area contributed by atoms with Crippen molar-refractivity contribution in [1.82, 2.24) is 5.32 Å². The van der Waals surface area contributed by atoms with Crippen molar-refractivity contribution < 1.29 is 27.5 Å². The van der Waals surface area contributed by atoms with Gasteiger partial charge in [0.05, 0.1) is 24.6 Å². The predicted octanol–water partition coefficient (Wildman–Crippen LogP) is 2.72. The number of carbonyl (C=O) groups excluding carboxylic acids is 2. The lowest BCUT2D eigenvalue weighted by molar-refractivity contribution is -0.165. The molecule has 28 heavy (non-hydrogen) atoms. The van der Waals surface area contributed by atoms with Crippen LogP contribution in [0.15, 0.2) is 36.5 Å². The van der Waals surface area contributed by atoms with Gasteiger partial charge in [0.25, 0.3) is 5.78 Å². The van der Waals surface area contributed by atoms with E-state index in [0.717, 1.165) is 11.9 Å². The number of carbonyl (C=O) groups is 2. The number of alkyl halides is 3. The summed E-state index contributed by atoms with van der Waals surface area (Å²) in [5.74, 6) is -2.61. The standard InChI is InChI=1S/C19H24F3N3O3/c1-13(2)17(23-8-7-16(26)19(20,21)22)18(27)24-14-5-3-4-6-15(14)25-9-11-28-12-10-25/h3-8,13,17,23H,9-12H2,1-2H3,(H,24,27)/b8-7+. The molecule has 0 saturated carbocycles. The van der Waals surface area contributed by atoms with Gasteiger partial charge in [0, 0.05) is 25.4 Å². The molecule has 9 heteroatoms. The van der Waals surface area contributed by atoms with Gasteiger partial charge in [0.1, 0.15) is 6.04 Å². The lowest BCUT2D eigenvalue weighted by atomic mass is 10.0. The Morgan fingerprint density at radius 1 is 1.18 bits per heavy atom.